The molecule has 0 amide bonds. The van der Waals surface area contributed by atoms with Crippen LogP contribution in [-0.4, -0.2) is 25.5 Å². The second-order valence-electron chi connectivity index (χ2n) is 8.47. The van der Waals surface area contributed by atoms with E-state index in [4.69, 9.17) is 0 Å². The van der Waals surface area contributed by atoms with E-state index in [1.54, 1.807) is 3.88 Å². The molecular formula is C13H30Cl3NTi. The zero-order valence-electron chi connectivity index (χ0n) is 12.5. The Hall–Kier alpha value is 1.02. The quantitative estimate of drug-likeness (QED) is 0.603. The van der Waals surface area contributed by atoms with E-state index in [0.29, 0.717) is 0 Å². The summed E-state index contributed by atoms with van der Waals surface area (Å²) in [5, 5.41) is 10.3. The maximum absolute atomic E-state index is 2.85. The molecule has 0 fully saturated rings. The SMILES string of the molecule is CN(C)C[CH2][Ti]([CH3])([CH3])([CH3])([CH3])[C]1=CC=CC1.Cl.Cl.Cl. The molecule has 0 N–H and O–H groups in total. The van der Waals surface area contributed by atoms with Crippen molar-refractivity contribution in [3.05, 3.63) is 22.1 Å². The first-order chi connectivity index (χ1) is 6.54. The number of allylic oxidation sites excluding steroid dienone is 4. The molecule has 0 aromatic rings. The molecule has 0 aromatic carbocycles. The molecule has 5 heteroatoms. The van der Waals surface area contributed by atoms with Crippen molar-refractivity contribution in [1.82, 2.24) is 4.90 Å². The topological polar surface area (TPSA) is 3.24 Å². The Bertz CT molecular complexity index is 325. The maximum atomic E-state index is 2.57. The molecule has 1 nitrogen and oxygen atoms in total. The van der Waals surface area contributed by atoms with Crippen LogP contribution in [0.1, 0.15) is 6.42 Å². The normalized spacial score (nSPS) is 17.8. The van der Waals surface area contributed by atoms with Crippen LogP contribution in [-0.2, 0) is 14.0 Å². The van der Waals surface area contributed by atoms with Gasteiger partial charge < -0.3 is 0 Å². The average molecular weight is 355 g/mol. The Morgan fingerprint density at radius 3 is 1.89 bits per heavy atom. The van der Waals surface area contributed by atoms with Crippen molar-refractivity contribution in [2.24, 2.45) is 0 Å². The Kier molecular flexibility index (Phi) is 8.89. The van der Waals surface area contributed by atoms with Crippen LogP contribution in [0.25, 0.3) is 0 Å². The molecule has 0 heterocycles. The van der Waals surface area contributed by atoms with Gasteiger partial charge in [0.1, 0.15) is 0 Å². The van der Waals surface area contributed by atoms with Gasteiger partial charge in [0, 0.05) is 0 Å². The van der Waals surface area contributed by atoms with Crippen LogP contribution in [0.5, 0.6) is 0 Å². The van der Waals surface area contributed by atoms with Crippen molar-refractivity contribution >= 4 is 37.2 Å². The number of halogens is 3. The zero-order chi connectivity index (χ0) is 11.8. The van der Waals surface area contributed by atoms with Gasteiger partial charge in [-0.15, -0.1) is 37.2 Å². The van der Waals surface area contributed by atoms with Crippen LogP contribution in [0.15, 0.2) is 22.1 Å². The summed E-state index contributed by atoms with van der Waals surface area (Å²) in [5.74, 6) is 0. The molecule has 0 aromatic heterocycles. The second-order valence-corrected chi connectivity index (χ2v) is 27.7. The summed E-state index contributed by atoms with van der Waals surface area (Å²) in [7, 11) is 4.35. The Morgan fingerprint density at radius 1 is 1.06 bits per heavy atom. The second kappa shape index (κ2) is 6.65. The molecule has 0 aliphatic heterocycles. The number of rotatable bonds is 4. The molecule has 0 saturated carbocycles. The van der Waals surface area contributed by atoms with E-state index in [-0.39, 0.29) is 37.2 Å². The van der Waals surface area contributed by atoms with Crippen LogP contribution in [0.3, 0.4) is 0 Å². The first-order valence-corrected chi connectivity index (χ1v) is 14.2. The van der Waals surface area contributed by atoms with E-state index >= 15 is 0 Å². The first kappa shape index (κ1) is 24.1. The van der Waals surface area contributed by atoms with Gasteiger partial charge in [-0.2, -0.15) is 0 Å². The van der Waals surface area contributed by atoms with E-state index in [9.17, 15) is 0 Å². The van der Waals surface area contributed by atoms with Gasteiger partial charge in [-0.05, 0) is 0 Å². The van der Waals surface area contributed by atoms with Crippen LogP contribution in [0, 0.1) is 0 Å². The third-order valence-electron chi connectivity index (χ3n) is 3.97. The fourth-order valence-electron chi connectivity index (χ4n) is 2.21. The minimum Gasteiger partial charge on any atom is -0.147 e. The fourth-order valence-corrected chi connectivity index (χ4v) is 8.04. The summed E-state index contributed by atoms with van der Waals surface area (Å²) in [6, 6.07) is 0. The van der Waals surface area contributed by atoms with Gasteiger partial charge in [0.05, 0.1) is 0 Å². The van der Waals surface area contributed by atoms with Crippen molar-refractivity contribution < 1.29 is 14.0 Å². The van der Waals surface area contributed by atoms with Crippen molar-refractivity contribution in [2.45, 2.75) is 32.1 Å². The molecule has 0 spiro atoms. The Balaban J connectivity index is -0.000000750. The van der Waals surface area contributed by atoms with Gasteiger partial charge in [0.25, 0.3) is 0 Å². The van der Waals surface area contributed by atoms with Gasteiger partial charge in [-0.1, -0.05) is 0 Å². The molecule has 1 aliphatic carbocycles. The van der Waals surface area contributed by atoms with Crippen molar-refractivity contribution in [3.8, 4) is 0 Å². The molecule has 0 saturated heterocycles. The van der Waals surface area contributed by atoms with Crippen molar-refractivity contribution in [1.29, 1.82) is 0 Å². The largest absolute Gasteiger partial charge is 0.147 e. The Morgan fingerprint density at radius 2 is 1.56 bits per heavy atom. The van der Waals surface area contributed by atoms with Gasteiger partial charge >= 0.3 is 93.7 Å². The number of hydrogen-bond donors (Lipinski definition) is 0. The van der Waals surface area contributed by atoms with Crippen LogP contribution < -0.4 is 0 Å². The van der Waals surface area contributed by atoms with Gasteiger partial charge in [-0.25, -0.2) is 0 Å². The molecule has 0 atom stereocenters. The molecule has 1 aliphatic rings. The van der Waals surface area contributed by atoms with E-state index < -0.39 is 14.0 Å². The molecule has 0 radical (unpaired) electrons. The summed E-state index contributed by atoms with van der Waals surface area (Å²) in [5.41, 5.74) is 0. The van der Waals surface area contributed by atoms with E-state index in [1.807, 2.05) is 0 Å². The summed E-state index contributed by atoms with van der Waals surface area (Å²) in [6.45, 7) is 1.21. The smallest absolute Gasteiger partial charge is 0.147 e. The fraction of sp³-hybridized carbons (Fsp3) is 0.692. The predicted octanol–water partition coefficient (Wildman–Crippen LogP) is 5.49. The van der Waals surface area contributed by atoms with Crippen LogP contribution >= 0.6 is 37.2 Å². The van der Waals surface area contributed by atoms with Gasteiger partial charge in [0.15, 0.2) is 0 Å². The number of nitrogens with zero attached hydrogens (tertiary/aromatic N) is 1. The monoisotopic (exact) mass is 353 g/mol. The molecule has 1 rings (SSSR count). The van der Waals surface area contributed by atoms with Crippen LogP contribution in [0.4, 0.5) is 0 Å². The number of hydrogen-bond acceptors (Lipinski definition) is 1. The predicted molar refractivity (Wildman–Crippen MR) is 90.4 cm³/mol. The van der Waals surface area contributed by atoms with Gasteiger partial charge in [0.2, 0.25) is 0 Å². The van der Waals surface area contributed by atoms with Gasteiger partial charge in [-0.3, -0.25) is 0 Å². The third kappa shape index (κ3) is 6.45. The maximum Gasteiger partial charge on any atom is -0.147 e. The Labute approximate surface area is 130 Å². The van der Waals surface area contributed by atoms with E-state index in [2.05, 4.69) is 58.1 Å². The molecule has 0 bridgehead atoms. The molecule has 112 valence electrons. The molecule has 18 heavy (non-hydrogen) atoms. The average Bonchev–Trinajstić information content (AvgIpc) is 2.52. The molecular weight excluding hydrogens is 324 g/mol. The summed E-state index contributed by atoms with van der Waals surface area (Å²) in [6.07, 6.45) is 8.10. The van der Waals surface area contributed by atoms with E-state index in [0.717, 1.165) is 0 Å². The standard InChI is InChI=1S/C5H5.C4H10N.4CH3.3ClH.Ti/c1-2-4-5-3-1;1-4-5(2)3;;;;;;;;/h1-3H,4H2;1,4H2,2-3H3;4*1H3;3*1H;. The molecule has 0 unspecified atom stereocenters. The first-order valence-electron chi connectivity index (χ1n) is 6.03. The summed E-state index contributed by atoms with van der Waals surface area (Å²) in [4.78, 5) is 2.31. The van der Waals surface area contributed by atoms with Crippen molar-refractivity contribution in [3.63, 3.8) is 0 Å². The minimum absolute atomic E-state index is 0. The summed E-state index contributed by atoms with van der Waals surface area (Å²) >= 11 is -2.85. The van der Waals surface area contributed by atoms with E-state index in [1.165, 1.54) is 17.7 Å². The zero-order valence-corrected chi connectivity index (χ0v) is 16.5. The summed E-state index contributed by atoms with van der Waals surface area (Å²) < 4.78 is 3.09. The van der Waals surface area contributed by atoms with Crippen LogP contribution in [0.2, 0.25) is 25.6 Å². The van der Waals surface area contributed by atoms with Crippen molar-refractivity contribution in [2.75, 3.05) is 20.6 Å². The third-order valence-corrected chi connectivity index (χ3v) is 13.1. The minimum atomic E-state index is -2.85.